The summed E-state index contributed by atoms with van der Waals surface area (Å²) in [6.45, 7) is 4.20. The van der Waals surface area contributed by atoms with E-state index in [1.165, 1.54) is 12.1 Å². The SMILES string of the molecule is CC(C)NS(=O)(=O)c1cccc(C(=O)N2CCCC2c2cccc3ccccc23)c1. The molecule has 1 atom stereocenters. The van der Waals surface area contributed by atoms with Crippen molar-refractivity contribution in [3.05, 3.63) is 77.9 Å². The zero-order valence-electron chi connectivity index (χ0n) is 17.2. The maximum Gasteiger partial charge on any atom is 0.254 e. The van der Waals surface area contributed by atoms with E-state index in [1.807, 2.05) is 23.1 Å². The number of amides is 1. The predicted molar refractivity (Wildman–Crippen MR) is 119 cm³/mol. The number of nitrogens with zero attached hydrogens (tertiary/aromatic N) is 1. The number of likely N-dealkylation sites (tertiary alicyclic amines) is 1. The van der Waals surface area contributed by atoms with Crippen LogP contribution in [0.4, 0.5) is 0 Å². The molecule has 1 saturated heterocycles. The number of fused-ring (bicyclic) bond motifs is 1. The molecule has 0 saturated carbocycles. The summed E-state index contributed by atoms with van der Waals surface area (Å²) < 4.78 is 27.6. The first kappa shape index (κ1) is 20.6. The largest absolute Gasteiger partial charge is 0.332 e. The summed E-state index contributed by atoms with van der Waals surface area (Å²) in [5.74, 6) is -0.132. The van der Waals surface area contributed by atoms with E-state index in [-0.39, 0.29) is 22.9 Å². The van der Waals surface area contributed by atoms with Gasteiger partial charge in [0.25, 0.3) is 5.91 Å². The Morgan fingerprint density at radius 3 is 2.57 bits per heavy atom. The molecule has 0 spiro atoms. The summed E-state index contributed by atoms with van der Waals surface area (Å²) in [7, 11) is -3.65. The standard InChI is InChI=1S/C24H26N2O3S/c1-17(2)25-30(28,29)20-11-5-10-19(16-20)24(27)26-15-7-14-23(26)22-13-6-9-18-8-3-4-12-21(18)22/h3-6,8-13,16-17,23,25H,7,14-15H2,1-2H3. The molecule has 0 aliphatic carbocycles. The van der Waals surface area contributed by atoms with Gasteiger partial charge in [0.05, 0.1) is 10.9 Å². The molecule has 156 valence electrons. The molecule has 1 aliphatic rings. The Hall–Kier alpha value is -2.70. The van der Waals surface area contributed by atoms with Gasteiger partial charge in [0.15, 0.2) is 0 Å². The highest BCUT2D eigenvalue weighted by molar-refractivity contribution is 7.89. The third-order valence-corrected chi connectivity index (χ3v) is 7.13. The zero-order chi connectivity index (χ0) is 21.3. The number of rotatable bonds is 5. The van der Waals surface area contributed by atoms with Crippen molar-refractivity contribution in [1.82, 2.24) is 9.62 Å². The molecule has 3 aromatic rings. The van der Waals surface area contributed by atoms with Gasteiger partial charge in [-0.1, -0.05) is 48.5 Å². The van der Waals surface area contributed by atoms with Gasteiger partial charge in [-0.25, -0.2) is 13.1 Å². The Bertz CT molecular complexity index is 1180. The van der Waals surface area contributed by atoms with Crippen molar-refractivity contribution in [3.63, 3.8) is 0 Å². The predicted octanol–water partition coefficient (Wildman–Crippen LogP) is 4.50. The van der Waals surface area contributed by atoms with Crippen LogP contribution < -0.4 is 4.72 Å². The molecule has 1 unspecified atom stereocenters. The van der Waals surface area contributed by atoms with Crippen LogP contribution >= 0.6 is 0 Å². The lowest BCUT2D eigenvalue weighted by atomic mass is 9.97. The van der Waals surface area contributed by atoms with Crippen molar-refractivity contribution in [1.29, 1.82) is 0 Å². The van der Waals surface area contributed by atoms with Crippen molar-refractivity contribution in [2.75, 3.05) is 6.54 Å². The summed E-state index contributed by atoms with van der Waals surface area (Å²) in [5, 5.41) is 2.31. The van der Waals surface area contributed by atoms with Crippen LogP contribution in [0.2, 0.25) is 0 Å². The summed E-state index contributed by atoms with van der Waals surface area (Å²) >= 11 is 0. The van der Waals surface area contributed by atoms with Crippen LogP contribution in [0.5, 0.6) is 0 Å². The molecule has 1 heterocycles. The van der Waals surface area contributed by atoms with Crippen LogP contribution in [0.15, 0.2) is 71.6 Å². The molecule has 1 aliphatic heterocycles. The smallest absolute Gasteiger partial charge is 0.254 e. The molecular weight excluding hydrogens is 396 g/mol. The van der Waals surface area contributed by atoms with Gasteiger partial charge in [-0.2, -0.15) is 0 Å². The highest BCUT2D eigenvalue weighted by atomic mass is 32.2. The fourth-order valence-electron chi connectivity index (χ4n) is 4.21. The summed E-state index contributed by atoms with van der Waals surface area (Å²) in [5.41, 5.74) is 1.54. The molecule has 1 fully saturated rings. The summed E-state index contributed by atoms with van der Waals surface area (Å²) in [4.78, 5) is 15.4. The Morgan fingerprint density at radius 2 is 1.77 bits per heavy atom. The van der Waals surface area contributed by atoms with Crippen LogP contribution in [0, 0.1) is 0 Å². The minimum atomic E-state index is -3.65. The number of carbonyl (C=O) groups is 1. The molecule has 4 rings (SSSR count). The molecule has 0 radical (unpaired) electrons. The minimum absolute atomic E-state index is 0.0161. The van der Waals surface area contributed by atoms with Crippen molar-refractivity contribution >= 4 is 26.7 Å². The van der Waals surface area contributed by atoms with Gasteiger partial charge in [0, 0.05) is 18.2 Å². The van der Waals surface area contributed by atoms with Gasteiger partial charge in [-0.15, -0.1) is 0 Å². The van der Waals surface area contributed by atoms with E-state index in [4.69, 9.17) is 0 Å². The number of nitrogens with one attached hydrogen (secondary N) is 1. The number of hydrogen-bond acceptors (Lipinski definition) is 3. The van der Waals surface area contributed by atoms with Gasteiger partial charge in [0.2, 0.25) is 10.0 Å². The molecular formula is C24H26N2O3S. The zero-order valence-corrected chi connectivity index (χ0v) is 18.0. The average molecular weight is 423 g/mol. The molecule has 30 heavy (non-hydrogen) atoms. The molecule has 1 amide bonds. The Labute approximate surface area is 177 Å². The second kappa shape index (κ2) is 8.20. The Balaban J connectivity index is 1.67. The van der Waals surface area contributed by atoms with E-state index in [1.54, 1.807) is 26.0 Å². The lowest BCUT2D eigenvalue weighted by Crippen LogP contribution is -2.32. The van der Waals surface area contributed by atoms with Crippen molar-refractivity contribution in [3.8, 4) is 0 Å². The maximum atomic E-state index is 13.4. The average Bonchev–Trinajstić information content (AvgIpc) is 3.21. The molecule has 3 aromatic carbocycles. The topological polar surface area (TPSA) is 66.5 Å². The molecule has 0 aromatic heterocycles. The highest BCUT2D eigenvalue weighted by Crippen LogP contribution is 2.36. The minimum Gasteiger partial charge on any atom is -0.332 e. The fourth-order valence-corrected chi connectivity index (χ4v) is 5.51. The van der Waals surface area contributed by atoms with Crippen molar-refractivity contribution in [2.45, 2.75) is 43.7 Å². The van der Waals surface area contributed by atoms with E-state index in [0.717, 1.165) is 29.2 Å². The second-order valence-electron chi connectivity index (χ2n) is 8.03. The molecule has 1 N–H and O–H groups in total. The highest BCUT2D eigenvalue weighted by Gasteiger charge is 2.32. The van der Waals surface area contributed by atoms with Crippen LogP contribution in [0.3, 0.4) is 0 Å². The Morgan fingerprint density at radius 1 is 1.03 bits per heavy atom. The van der Waals surface area contributed by atoms with E-state index in [9.17, 15) is 13.2 Å². The maximum absolute atomic E-state index is 13.4. The number of sulfonamides is 1. The van der Waals surface area contributed by atoms with Gasteiger partial charge in [-0.05, 0) is 61.2 Å². The molecule has 0 bridgehead atoms. The first-order valence-corrected chi connectivity index (χ1v) is 11.8. The number of benzene rings is 3. The van der Waals surface area contributed by atoms with E-state index in [2.05, 4.69) is 29.0 Å². The van der Waals surface area contributed by atoms with Gasteiger partial charge in [0.1, 0.15) is 0 Å². The lowest BCUT2D eigenvalue weighted by Gasteiger charge is -2.26. The van der Waals surface area contributed by atoms with Crippen LogP contribution in [-0.4, -0.2) is 31.8 Å². The normalized spacial score (nSPS) is 17.0. The van der Waals surface area contributed by atoms with Gasteiger partial charge in [-0.3, -0.25) is 4.79 Å². The van der Waals surface area contributed by atoms with Crippen LogP contribution in [0.1, 0.15) is 48.7 Å². The van der Waals surface area contributed by atoms with Crippen molar-refractivity contribution < 1.29 is 13.2 Å². The molecule has 5 nitrogen and oxygen atoms in total. The second-order valence-corrected chi connectivity index (χ2v) is 9.74. The van der Waals surface area contributed by atoms with Crippen LogP contribution in [-0.2, 0) is 10.0 Å². The third kappa shape index (κ3) is 3.98. The number of hydrogen-bond donors (Lipinski definition) is 1. The van der Waals surface area contributed by atoms with E-state index < -0.39 is 10.0 Å². The van der Waals surface area contributed by atoms with E-state index >= 15 is 0 Å². The fraction of sp³-hybridized carbons (Fsp3) is 0.292. The van der Waals surface area contributed by atoms with E-state index in [0.29, 0.717) is 12.1 Å². The van der Waals surface area contributed by atoms with Crippen molar-refractivity contribution in [2.24, 2.45) is 0 Å². The summed E-state index contributed by atoms with van der Waals surface area (Å²) in [6.07, 6.45) is 1.82. The number of carbonyl (C=O) groups excluding carboxylic acids is 1. The molecule has 6 heteroatoms. The van der Waals surface area contributed by atoms with Gasteiger partial charge >= 0.3 is 0 Å². The summed E-state index contributed by atoms with van der Waals surface area (Å²) in [6, 6.07) is 20.5. The Kier molecular flexibility index (Phi) is 5.62. The monoisotopic (exact) mass is 422 g/mol. The first-order chi connectivity index (χ1) is 14.4. The quantitative estimate of drug-likeness (QED) is 0.658. The van der Waals surface area contributed by atoms with Crippen LogP contribution in [0.25, 0.3) is 10.8 Å². The van der Waals surface area contributed by atoms with Gasteiger partial charge < -0.3 is 4.90 Å². The third-order valence-electron chi connectivity index (χ3n) is 5.48. The lowest BCUT2D eigenvalue weighted by molar-refractivity contribution is 0.0736. The first-order valence-electron chi connectivity index (χ1n) is 10.3.